The number of nitrogens with one attached hydrogen (secondary N) is 2. The highest BCUT2D eigenvalue weighted by atomic mass is 32.2. The number of para-hydroxylation sites is 1. The van der Waals surface area contributed by atoms with Gasteiger partial charge in [-0.1, -0.05) is 42.1 Å². The number of hydrogen-bond acceptors (Lipinski definition) is 5. The van der Waals surface area contributed by atoms with Crippen molar-refractivity contribution in [1.29, 1.82) is 0 Å². The zero-order chi connectivity index (χ0) is 23.2. The van der Waals surface area contributed by atoms with Crippen molar-refractivity contribution in [2.45, 2.75) is 31.5 Å². The second-order valence-corrected chi connectivity index (χ2v) is 9.65. The number of imide groups is 1. The molecule has 5 rings (SSSR count). The van der Waals surface area contributed by atoms with Gasteiger partial charge in [-0.25, -0.2) is 4.79 Å². The summed E-state index contributed by atoms with van der Waals surface area (Å²) in [4.78, 5) is 29.3. The van der Waals surface area contributed by atoms with Gasteiger partial charge in [0.1, 0.15) is 5.54 Å². The first-order chi connectivity index (χ1) is 15.8. The second kappa shape index (κ2) is 8.08. The van der Waals surface area contributed by atoms with Gasteiger partial charge in [-0.3, -0.25) is 14.3 Å². The van der Waals surface area contributed by atoms with E-state index in [2.05, 4.69) is 32.6 Å². The monoisotopic (exact) mass is 460 g/mol. The number of aromatic amines is 1. The lowest BCUT2D eigenvalue weighted by molar-refractivity contribution is -0.130. The molecule has 0 aliphatic carbocycles. The van der Waals surface area contributed by atoms with Crippen molar-refractivity contribution in [2.24, 2.45) is 0 Å². The van der Waals surface area contributed by atoms with Gasteiger partial charge in [-0.05, 0) is 44.5 Å². The van der Waals surface area contributed by atoms with Crippen molar-refractivity contribution in [3.05, 3.63) is 60.3 Å². The van der Waals surface area contributed by atoms with E-state index >= 15 is 0 Å². The molecule has 0 spiro atoms. The van der Waals surface area contributed by atoms with Gasteiger partial charge >= 0.3 is 6.03 Å². The van der Waals surface area contributed by atoms with Gasteiger partial charge in [-0.15, -0.1) is 10.2 Å². The van der Waals surface area contributed by atoms with Crippen LogP contribution in [-0.4, -0.2) is 54.4 Å². The van der Waals surface area contributed by atoms with Gasteiger partial charge in [-0.2, -0.15) is 0 Å². The van der Waals surface area contributed by atoms with Crippen LogP contribution in [0.2, 0.25) is 0 Å². The largest absolute Gasteiger partial charge is 0.360 e. The molecule has 1 aliphatic rings. The number of H-pyrrole nitrogens is 1. The quantitative estimate of drug-likeness (QED) is 0.333. The summed E-state index contributed by atoms with van der Waals surface area (Å²) in [7, 11) is 0. The molecule has 2 N–H and O–H groups in total. The Kier molecular flexibility index (Phi) is 5.20. The van der Waals surface area contributed by atoms with Crippen LogP contribution in [0.25, 0.3) is 28.0 Å². The molecular formula is C24H24N6O2S. The summed E-state index contributed by atoms with van der Waals surface area (Å²) in [5.74, 6) is 1.02. The summed E-state index contributed by atoms with van der Waals surface area (Å²) >= 11 is 1.47. The van der Waals surface area contributed by atoms with Gasteiger partial charge < -0.3 is 10.3 Å². The minimum absolute atomic E-state index is 0.215. The number of urea groups is 1. The number of benzene rings is 2. The van der Waals surface area contributed by atoms with Crippen LogP contribution in [0, 0.1) is 6.92 Å². The third kappa shape index (κ3) is 3.78. The van der Waals surface area contributed by atoms with Crippen molar-refractivity contribution >= 4 is 34.6 Å². The molecule has 1 fully saturated rings. The molecule has 0 unspecified atom stereocenters. The number of hydrogen-bond donors (Lipinski definition) is 2. The third-order valence-electron chi connectivity index (χ3n) is 5.71. The Morgan fingerprint density at radius 3 is 2.64 bits per heavy atom. The van der Waals surface area contributed by atoms with E-state index in [1.807, 2.05) is 54.1 Å². The summed E-state index contributed by atoms with van der Waals surface area (Å²) in [6.45, 7) is 5.76. The molecule has 0 atom stereocenters. The Balaban J connectivity index is 1.48. The Hall–Kier alpha value is -3.59. The van der Waals surface area contributed by atoms with Crippen LogP contribution in [0.4, 0.5) is 4.79 Å². The number of aromatic nitrogens is 4. The first-order valence-electron chi connectivity index (χ1n) is 10.7. The van der Waals surface area contributed by atoms with E-state index in [1.165, 1.54) is 16.7 Å². The molecule has 0 radical (unpaired) electrons. The minimum atomic E-state index is -0.869. The van der Waals surface area contributed by atoms with Gasteiger partial charge in [0.15, 0.2) is 11.0 Å². The Morgan fingerprint density at radius 1 is 1.06 bits per heavy atom. The lowest BCUT2D eigenvalue weighted by Gasteiger charge is -2.16. The summed E-state index contributed by atoms with van der Waals surface area (Å²) in [5, 5.41) is 13.5. The number of rotatable bonds is 6. The first-order valence-corrected chi connectivity index (χ1v) is 11.7. The zero-order valence-electron chi connectivity index (χ0n) is 18.6. The molecule has 3 heterocycles. The average molecular weight is 461 g/mol. The molecule has 1 aliphatic heterocycles. The summed E-state index contributed by atoms with van der Waals surface area (Å²) in [6.07, 6.45) is 1.95. The van der Waals surface area contributed by atoms with Crippen molar-refractivity contribution in [2.75, 3.05) is 12.3 Å². The van der Waals surface area contributed by atoms with Crippen LogP contribution >= 0.6 is 11.8 Å². The van der Waals surface area contributed by atoms with E-state index in [-0.39, 0.29) is 11.9 Å². The summed E-state index contributed by atoms with van der Waals surface area (Å²) in [5.41, 5.74) is 3.21. The van der Waals surface area contributed by atoms with E-state index in [1.54, 1.807) is 13.8 Å². The molecule has 1 saturated heterocycles. The number of aryl methyl sites for hydroxylation is 1. The fourth-order valence-electron chi connectivity index (χ4n) is 4.04. The summed E-state index contributed by atoms with van der Waals surface area (Å²) in [6, 6.07) is 15.9. The van der Waals surface area contributed by atoms with Gasteiger partial charge in [0.25, 0.3) is 5.91 Å². The maximum Gasteiger partial charge on any atom is 0.325 e. The molecule has 33 heavy (non-hydrogen) atoms. The SMILES string of the molecule is Cc1cccc(-n2c(SCCN3C(=O)NC(C)(C)C3=O)nnc2-c2c[nH]c3ccccc23)c1. The van der Waals surface area contributed by atoms with E-state index in [9.17, 15) is 9.59 Å². The minimum Gasteiger partial charge on any atom is -0.360 e. The van der Waals surface area contributed by atoms with E-state index in [4.69, 9.17) is 0 Å². The molecule has 168 valence electrons. The number of nitrogens with zero attached hydrogens (tertiary/aromatic N) is 4. The Labute approximate surface area is 195 Å². The maximum atomic E-state index is 12.5. The number of carbonyl (C=O) groups is 2. The fraction of sp³-hybridized carbons (Fsp3) is 0.250. The van der Waals surface area contributed by atoms with Crippen LogP contribution in [0.15, 0.2) is 59.9 Å². The number of thioether (sulfide) groups is 1. The average Bonchev–Trinajstić information content (AvgIpc) is 3.44. The molecular weight excluding hydrogens is 436 g/mol. The fourth-order valence-corrected chi connectivity index (χ4v) is 4.92. The Morgan fingerprint density at radius 2 is 1.88 bits per heavy atom. The molecule has 4 aromatic rings. The van der Waals surface area contributed by atoms with E-state index < -0.39 is 5.54 Å². The topological polar surface area (TPSA) is 95.9 Å². The van der Waals surface area contributed by atoms with E-state index in [0.717, 1.165) is 33.5 Å². The predicted octanol–water partition coefficient (Wildman–Crippen LogP) is 4.15. The molecule has 3 amide bonds. The van der Waals surface area contributed by atoms with Crippen LogP contribution in [0.3, 0.4) is 0 Å². The van der Waals surface area contributed by atoms with Crippen LogP contribution < -0.4 is 5.32 Å². The normalized spacial score (nSPS) is 15.4. The first kappa shape index (κ1) is 21.3. The van der Waals surface area contributed by atoms with Crippen molar-refractivity contribution in [3.8, 4) is 17.1 Å². The molecule has 8 nitrogen and oxygen atoms in total. The standard InChI is InChI=1S/C24H24N6O2S/c1-15-7-6-8-16(13-15)30-20(18-14-25-19-10-5-4-9-17(18)19)27-28-23(30)33-12-11-29-21(31)24(2,3)26-22(29)32/h4-10,13-14,25H,11-12H2,1-3H3,(H,26,32). The number of carbonyl (C=O) groups excluding carboxylic acids is 2. The zero-order valence-corrected chi connectivity index (χ0v) is 19.4. The van der Waals surface area contributed by atoms with Gasteiger partial charge in [0.05, 0.1) is 0 Å². The highest BCUT2D eigenvalue weighted by Gasteiger charge is 2.43. The number of fused-ring (bicyclic) bond motifs is 1. The molecule has 0 bridgehead atoms. The van der Waals surface area contributed by atoms with Gasteiger partial charge in [0.2, 0.25) is 0 Å². The summed E-state index contributed by atoms with van der Waals surface area (Å²) < 4.78 is 2.03. The van der Waals surface area contributed by atoms with Crippen molar-refractivity contribution < 1.29 is 9.59 Å². The maximum absolute atomic E-state index is 12.5. The lowest BCUT2D eigenvalue weighted by atomic mass is 10.1. The molecule has 9 heteroatoms. The molecule has 0 saturated carbocycles. The van der Waals surface area contributed by atoms with Crippen molar-refractivity contribution in [3.63, 3.8) is 0 Å². The van der Waals surface area contributed by atoms with E-state index in [0.29, 0.717) is 17.5 Å². The highest BCUT2D eigenvalue weighted by molar-refractivity contribution is 7.99. The molecule has 2 aromatic carbocycles. The molecule has 2 aromatic heterocycles. The van der Waals surface area contributed by atoms with Gasteiger partial charge in [0, 0.05) is 40.6 Å². The Bertz CT molecular complexity index is 1370. The second-order valence-electron chi connectivity index (χ2n) is 8.59. The predicted molar refractivity (Wildman–Crippen MR) is 128 cm³/mol. The third-order valence-corrected chi connectivity index (χ3v) is 6.62. The smallest absolute Gasteiger partial charge is 0.325 e. The van der Waals surface area contributed by atoms with Crippen LogP contribution in [-0.2, 0) is 4.79 Å². The number of amides is 3. The van der Waals surface area contributed by atoms with Crippen molar-refractivity contribution in [1.82, 2.24) is 30.0 Å². The lowest BCUT2D eigenvalue weighted by Crippen LogP contribution is -2.40. The van der Waals surface area contributed by atoms with Crippen LogP contribution in [0.5, 0.6) is 0 Å². The highest BCUT2D eigenvalue weighted by Crippen LogP contribution is 2.32. The van der Waals surface area contributed by atoms with Crippen LogP contribution in [0.1, 0.15) is 19.4 Å².